The molecule has 0 N–H and O–H groups in total. The number of para-hydroxylation sites is 1. The molecule has 1 aromatic carbocycles. The number of ketones is 1. The molecule has 1 amide bonds. The minimum Gasteiger partial charge on any atom is -0.336 e. The fourth-order valence-corrected chi connectivity index (χ4v) is 2.55. The van der Waals surface area contributed by atoms with Crippen LogP contribution in [0.25, 0.3) is 10.9 Å². The number of hydrogen-bond acceptors (Lipinski definition) is 3. The largest absolute Gasteiger partial charge is 0.336 e. The Kier molecular flexibility index (Phi) is 3.22. The molecule has 1 saturated heterocycles. The Morgan fingerprint density at radius 1 is 1.25 bits per heavy atom. The normalized spacial score (nSPS) is 19.4. The van der Waals surface area contributed by atoms with Crippen LogP contribution in [0.3, 0.4) is 0 Å². The molecule has 2 heterocycles. The number of carbonyl (C=O) groups is 2. The van der Waals surface area contributed by atoms with Crippen LogP contribution in [0.1, 0.15) is 23.8 Å². The maximum atomic E-state index is 12.4. The average molecular weight is 268 g/mol. The van der Waals surface area contributed by atoms with Crippen molar-refractivity contribution in [2.24, 2.45) is 5.92 Å². The quantitative estimate of drug-likeness (QED) is 0.797. The Bertz CT molecular complexity index is 681. The molecule has 20 heavy (non-hydrogen) atoms. The molecule has 1 fully saturated rings. The lowest BCUT2D eigenvalue weighted by Crippen LogP contribution is -2.43. The van der Waals surface area contributed by atoms with Crippen LogP contribution in [0, 0.1) is 5.92 Å². The van der Waals surface area contributed by atoms with Gasteiger partial charge in [-0.25, -0.2) is 4.98 Å². The van der Waals surface area contributed by atoms with Crippen LogP contribution in [0.5, 0.6) is 0 Å². The molecule has 4 heteroatoms. The molecule has 1 atom stereocenters. The van der Waals surface area contributed by atoms with Gasteiger partial charge in [-0.3, -0.25) is 9.59 Å². The van der Waals surface area contributed by atoms with Crippen LogP contribution >= 0.6 is 0 Å². The Hall–Kier alpha value is -2.23. The third-order valence-electron chi connectivity index (χ3n) is 3.78. The number of aromatic nitrogens is 1. The summed E-state index contributed by atoms with van der Waals surface area (Å²) in [6.45, 7) is 2.86. The van der Waals surface area contributed by atoms with Crippen molar-refractivity contribution in [2.45, 2.75) is 13.3 Å². The highest BCUT2D eigenvalue weighted by atomic mass is 16.2. The second kappa shape index (κ2) is 5.04. The van der Waals surface area contributed by atoms with Crippen molar-refractivity contribution in [3.05, 3.63) is 42.1 Å². The number of amides is 1. The SMILES string of the molecule is CC1CN(C(=O)c2ccc3ccccc3n2)CCC1=O. The van der Waals surface area contributed by atoms with Gasteiger partial charge in [-0.1, -0.05) is 31.2 Å². The first kappa shape index (κ1) is 12.8. The number of hydrogen-bond donors (Lipinski definition) is 0. The van der Waals surface area contributed by atoms with E-state index >= 15 is 0 Å². The topological polar surface area (TPSA) is 50.3 Å². The molecule has 0 bridgehead atoms. The first-order valence-electron chi connectivity index (χ1n) is 6.83. The van der Waals surface area contributed by atoms with E-state index < -0.39 is 0 Å². The lowest BCUT2D eigenvalue weighted by atomic mass is 9.98. The first-order chi connectivity index (χ1) is 9.65. The van der Waals surface area contributed by atoms with E-state index in [9.17, 15) is 9.59 Å². The van der Waals surface area contributed by atoms with Crippen molar-refractivity contribution in [3.63, 3.8) is 0 Å². The number of pyridine rings is 1. The summed E-state index contributed by atoms with van der Waals surface area (Å²) in [6, 6.07) is 11.4. The van der Waals surface area contributed by atoms with Gasteiger partial charge in [0.15, 0.2) is 0 Å². The van der Waals surface area contributed by atoms with E-state index in [0.29, 0.717) is 25.2 Å². The molecular formula is C16H16N2O2. The Morgan fingerprint density at radius 3 is 2.85 bits per heavy atom. The summed E-state index contributed by atoms with van der Waals surface area (Å²) in [5.74, 6) is 0.0729. The maximum Gasteiger partial charge on any atom is 0.272 e. The van der Waals surface area contributed by atoms with Gasteiger partial charge >= 0.3 is 0 Å². The number of fused-ring (bicyclic) bond motifs is 1. The van der Waals surface area contributed by atoms with E-state index in [2.05, 4.69) is 4.98 Å². The number of rotatable bonds is 1. The third-order valence-corrected chi connectivity index (χ3v) is 3.78. The predicted molar refractivity (Wildman–Crippen MR) is 76.4 cm³/mol. The summed E-state index contributed by atoms with van der Waals surface area (Å²) < 4.78 is 0. The predicted octanol–water partition coefficient (Wildman–Crippen LogP) is 2.29. The Balaban J connectivity index is 1.87. The fourth-order valence-electron chi connectivity index (χ4n) is 2.55. The van der Waals surface area contributed by atoms with E-state index in [-0.39, 0.29) is 17.6 Å². The summed E-state index contributed by atoms with van der Waals surface area (Å²) in [5, 5.41) is 1.02. The van der Waals surface area contributed by atoms with Crippen LogP contribution in [-0.4, -0.2) is 34.7 Å². The highest BCUT2D eigenvalue weighted by molar-refractivity contribution is 5.96. The van der Waals surface area contributed by atoms with Gasteiger partial charge in [0.25, 0.3) is 5.91 Å². The molecular weight excluding hydrogens is 252 g/mol. The molecule has 1 aliphatic heterocycles. The lowest BCUT2D eigenvalue weighted by Gasteiger charge is -2.29. The maximum absolute atomic E-state index is 12.4. The molecule has 3 rings (SSSR count). The number of Topliss-reactive ketones (excluding diaryl/α,β-unsaturated/α-hetero) is 1. The van der Waals surface area contributed by atoms with E-state index in [0.717, 1.165) is 10.9 Å². The molecule has 4 nitrogen and oxygen atoms in total. The minimum absolute atomic E-state index is 0.0758. The molecule has 0 radical (unpaired) electrons. The molecule has 1 aliphatic rings. The van der Waals surface area contributed by atoms with Gasteiger partial charge in [0.05, 0.1) is 5.52 Å². The number of benzene rings is 1. The van der Waals surface area contributed by atoms with Gasteiger partial charge in [0, 0.05) is 30.8 Å². The van der Waals surface area contributed by atoms with E-state index in [1.165, 1.54) is 0 Å². The fraction of sp³-hybridized carbons (Fsp3) is 0.312. The summed E-state index contributed by atoms with van der Waals surface area (Å²) >= 11 is 0. The lowest BCUT2D eigenvalue weighted by molar-refractivity contribution is -0.124. The smallest absolute Gasteiger partial charge is 0.272 e. The highest BCUT2D eigenvalue weighted by Crippen LogP contribution is 2.17. The molecule has 102 valence electrons. The third kappa shape index (κ3) is 2.29. The van der Waals surface area contributed by atoms with Gasteiger partial charge in [0.1, 0.15) is 11.5 Å². The van der Waals surface area contributed by atoms with Gasteiger partial charge in [-0.15, -0.1) is 0 Å². The van der Waals surface area contributed by atoms with Crippen molar-refractivity contribution < 1.29 is 9.59 Å². The van der Waals surface area contributed by atoms with Crippen LogP contribution in [0.4, 0.5) is 0 Å². The van der Waals surface area contributed by atoms with Gasteiger partial charge < -0.3 is 4.90 Å². The summed E-state index contributed by atoms with van der Waals surface area (Å²) in [7, 11) is 0. The van der Waals surface area contributed by atoms with E-state index in [1.807, 2.05) is 37.3 Å². The van der Waals surface area contributed by atoms with Gasteiger partial charge in [-0.05, 0) is 12.1 Å². The average Bonchev–Trinajstić information content (AvgIpc) is 2.49. The second-order valence-electron chi connectivity index (χ2n) is 5.26. The minimum atomic E-state index is -0.0879. The van der Waals surface area contributed by atoms with Crippen LogP contribution in [0.2, 0.25) is 0 Å². The number of nitrogens with zero attached hydrogens (tertiary/aromatic N) is 2. The number of likely N-dealkylation sites (tertiary alicyclic amines) is 1. The van der Waals surface area contributed by atoms with Gasteiger partial charge in [-0.2, -0.15) is 0 Å². The van der Waals surface area contributed by atoms with Crippen molar-refractivity contribution in [1.29, 1.82) is 0 Å². The zero-order chi connectivity index (χ0) is 14.1. The summed E-state index contributed by atoms with van der Waals surface area (Å²) in [4.78, 5) is 30.1. The first-order valence-corrected chi connectivity index (χ1v) is 6.83. The number of carbonyl (C=O) groups excluding carboxylic acids is 2. The Labute approximate surface area is 117 Å². The van der Waals surface area contributed by atoms with Crippen LogP contribution in [0.15, 0.2) is 36.4 Å². The highest BCUT2D eigenvalue weighted by Gasteiger charge is 2.27. The Morgan fingerprint density at radius 2 is 2.05 bits per heavy atom. The molecule has 0 saturated carbocycles. The second-order valence-corrected chi connectivity index (χ2v) is 5.26. The zero-order valence-electron chi connectivity index (χ0n) is 11.4. The molecule has 2 aromatic rings. The van der Waals surface area contributed by atoms with Gasteiger partial charge in [0.2, 0.25) is 0 Å². The molecule has 1 aromatic heterocycles. The van der Waals surface area contributed by atoms with Crippen molar-refractivity contribution in [2.75, 3.05) is 13.1 Å². The molecule has 0 aliphatic carbocycles. The number of piperidine rings is 1. The van der Waals surface area contributed by atoms with Crippen molar-refractivity contribution in [1.82, 2.24) is 9.88 Å². The van der Waals surface area contributed by atoms with Crippen molar-refractivity contribution in [3.8, 4) is 0 Å². The summed E-state index contributed by atoms with van der Waals surface area (Å²) in [6.07, 6.45) is 0.445. The van der Waals surface area contributed by atoms with Crippen LogP contribution < -0.4 is 0 Å². The molecule has 1 unspecified atom stereocenters. The standard InChI is InChI=1S/C16H16N2O2/c1-11-10-18(9-8-15(11)19)16(20)14-7-6-12-4-2-3-5-13(12)17-14/h2-7,11H,8-10H2,1H3. The summed E-state index contributed by atoms with van der Waals surface area (Å²) in [5.41, 5.74) is 1.27. The van der Waals surface area contributed by atoms with E-state index in [4.69, 9.17) is 0 Å². The van der Waals surface area contributed by atoms with E-state index in [1.54, 1.807) is 11.0 Å². The van der Waals surface area contributed by atoms with Crippen LogP contribution in [-0.2, 0) is 4.79 Å². The zero-order valence-corrected chi connectivity index (χ0v) is 11.4. The molecule has 0 spiro atoms. The van der Waals surface area contributed by atoms with Crippen molar-refractivity contribution >= 4 is 22.6 Å². The monoisotopic (exact) mass is 268 g/mol.